The maximum atomic E-state index is 12.3. The molecule has 2 rings (SSSR count). The molecule has 1 saturated heterocycles. The van der Waals surface area contributed by atoms with E-state index in [2.05, 4.69) is 5.32 Å². The van der Waals surface area contributed by atoms with E-state index in [1.54, 1.807) is 6.92 Å². The van der Waals surface area contributed by atoms with Gasteiger partial charge >= 0.3 is 5.97 Å². The van der Waals surface area contributed by atoms with Crippen LogP contribution in [0.5, 0.6) is 11.5 Å². The molecule has 0 radical (unpaired) electrons. The third kappa shape index (κ3) is 4.75. The van der Waals surface area contributed by atoms with Gasteiger partial charge in [-0.25, -0.2) is 4.79 Å². The van der Waals surface area contributed by atoms with Crippen LogP contribution in [0.2, 0.25) is 5.02 Å². The molecule has 1 aromatic rings. The standard InChI is InChI=1S/C17H17ClN2O6S/c1-4-25-13(21)8-26-14-11(18)6-9(7-12(14)24-3)5-10-15(22)19-17(27)20(2)16(10)23/h5-7H,4,8H2,1-3H3,(H,19,22,27)/b10-5+. The van der Waals surface area contributed by atoms with Gasteiger partial charge in [-0.1, -0.05) is 11.6 Å². The van der Waals surface area contributed by atoms with E-state index < -0.39 is 17.8 Å². The van der Waals surface area contributed by atoms with E-state index in [0.29, 0.717) is 5.56 Å². The highest BCUT2D eigenvalue weighted by Gasteiger charge is 2.30. The van der Waals surface area contributed by atoms with Crippen LogP contribution in [0.25, 0.3) is 6.08 Å². The Labute approximate surface area is 166 Å². The molecule has 2 amide bonds. The van der Waals surface area contributed by atoms with Gasteiger partial charge in [0.1, 0.15) is 5.57 Å². The van der Waals surface area contributed by atoms with Crippen LogP contribution >= 0.6 is 23.8 Å². The molecule has 27 heavy (non-hydrogen) atoms. The van der Waals surface area contributed by atoms with Crippen molar-refractivity contribution in [2.75, 3.05) is 27.4 Å². The number of nitrogens with one attached hydrogen (secondary N) is 1. The highest BCUT2D eigenvalue weighted by molar-refractivity contribution is 7.80. The van der Waals surface area contributed by atoms with E-state index in [1.807, 2.05) is 0 Å². The quantitative estimate of drug-likeness (QED) is 0.328. The predicted molar refractivity (Wildman–Crippen MR) is 102 cm³/mol. The first kappa shape index (κ1) is 20.7. The van der Waals surface area contributed by atoms with Crippen LogP contribution in [0.4, 0.5) is 0 Å². The van der Waals surface area contributed by atoms with E-state index in [1.165, 1.54) is 32.4 Å². The monoisotopic (exact) mass is 412 g/mol. The van der Waals surface area contributed by atoms with Gasteiger partial charge in [0.05, 0.1) is 18.7 Å². The number of benzene rings is 1. The van der Waals surface area contributed by atoms with Gasteiger partial charge in [-0.05, 0) is 42.9 Å². The lowest BCUT2D eigenvalue weighted by molar-refractivity contribution is -0.145. The first-order chi connectivity index (χ1) is 12.8. The van der Waals surface area contributed by atoms with E-state index in [0.717, 1.165) is 4.90 Å². The molecule has 0 atom stereocenters. The number of carbonyl (C=O) groups is 3. The van der Waals surface area contributed by atoms with Crippen molar-refractivity contribution in [1.82, 2.24) is 10.2 Å². The largest absolute Gasteiger partial charge is 0.493 e. The summed E-state index contributed by atoms with van der Waals surface area (Å²) in [5, 5.41) is 2.58. The van der Waals surface area contributed by atoms with Gasteiger partial charge in [-0.3, -0.25) is 19.8 Å². The third-order valence-electron chi connectivity index (χ3n) is 3.51. The lowest BCUT2D eigenvalue weighted by Gasteiger charge is -2.25. The number of likely N-dealkylation sites (N-methyl/N-ethyl adjacent to an activating group) is 1. The average Bonchev–Trinajstić information content (AvgIpc) is 2.62. The number of thiocarbonyl (C=S) groups is 1. The molecule has 1 aliphatic heterocycles. The van der Waals surface area contributed by atoms with Crippen molar-refractivity contribution >= 4 is 52.8 Å². The zero-order valence-electron chi connectivity index (χ0n) is 14.8. The van der Waals surface area contributed by atoms with E-state index in [9.17, 15) is 14.4 Å². The summed E-state index contributed by atoms with van der Waals surface area (Å²) in [7, 11) is 2.85. The summed E-state index contributed by atoms with van der Waals surface area (Å²) in [5.41, 5.74) is 0.324. The van der Waals surface area contributed by atoms with Crippen molar-refractivity contribution in [3.05, 3.63) is 28.3 Å². The molecule has 10 heteroatoms. The van der Waals surface area contributed by atoms with Crippen LogP contribution in [0, 0.1) is 0 Å². The number of methoxy groups -OCH3 is 1. The second kappa shape index (κ2) is 8.83. The molecule has 1 N–H and O–H groups in total. The fourth-order valence-corrected chi connectivity index (χ4v) is 2.66. The van der Waals surface area contributed by atoms with Crippen molar-refractivity contribution in [2.45, 2.75) is 6.92 Å². The molecular weight excluding hydrogens is 396 g/mol. The zero-order chi connectivity index (χ0) is 20.1. The molecule has 1 aliphatic rings. The molecule has 8 nitrogen and oxygen atoms in total. The Bertz CT molecular complexity index is 839. The second-order valence-electron chi connectivity index (χ2n) is 5.31. The van der Waals surface area contributed by atoms with Crippen molar-refractivity contribution in [2.24, 2.45) is 0 Å². The summed E-state index contributed by atoms with van der Waals surface area (Å²) in [6.07, 6.45) is 1.36. The highest BCUT2D eigenvalue weighted by Crippen LogP contribution is 2.37. The van der Waals surface area contributed by atoms with Crippen molar-refractivity contribution in [3.8, 4) is 11.5 Å². The summed E-state index contributed by atoms with van der Waals surface area (Å²) in [6, 6.07) is 3.00. The van der Waals surface area contributed by atoms with Gasteiger partial charge < -0.3 is 14.2 Å². The SMILES string of the molecule is CCOC(=O)COc1c(Cl)cc(/C=C2\C(=O)NC(=S)N(C)C2=O)cc1OC. The minimum Gasteiger partial charge on any atom is -0.493 e. The lowest BCUT2D eigenvalue weighted by atomic mass is 10.1. The number of esters is 1. The third-order valence-corrected chi connectivity index (χ3v) is 4.16. The zero-order valence-corrected chi connectivity index (χ0v) is 16.4. The molecule has 0 aromatic heterocycles. The Hall–Kier alpha value is -2.65. The smallest absolute Gasteiger partial charge is 0.344 e. The molecule has 1 aromatic carbocycles. The summed E-state index contributed by atoms with van der Waals surface area (Å²) in [6.45, 7) is 1.57. The van der Waals surface area contributed by atoms with Gasteiger partial charge in [0.25, 0.3) is 11.8 Å². The Morgan fingerprint density at radius 1 is 1.37 bits per heavy atom. The maximum Gasteiger partial charge on any atom is 0.344 e. The number of halogens is 1. The first-order valence-corrected chi connectivity index (χ1v) is 8.58. The van der Waals surface area contributed by atoms with Gasteiger partial charge in [-0.2, -0.15) is 0 Å². The highest BCUT2D eigenvalue weighted by atomic mass is 35.5. The number of rotatable bonds is 6. The van der Waals surface area contributed by atoms with E-state index in [-0.39, 0.29) is 40.4 Å². The van der Waals surface area contributed by atoms with E-state index >= 15 is 0 Å². The molecule has 1 heterocycles. The van der Waals surface area contributed by atoms with Gasteiger partial charge in [0, 0.05) is 7.05 Å². The normalized spacial score (nSPS) is 15.6. The number of hydrogen-bond acceptors (Lipinski definition) is 7. The fourth-order valence-electron chi connectivity index (χ4n) is 2.21. The van der Waals surface area contributed by atoms with Gasteiger partial charge in [0.2, 0.25) is 0 Å². The number of hydrogen-bond donors (Lipinski definition) is 1. The molecule has 0 bridgehead atoms. The van der Waals surface area contributed by atoms with Crippen molar-refractivity contribution < 1.29 is 28.6 Å². The number of amides is 2. The van der Waals surface area contributed by atoms with Crippen LogP contribution in [0.15, 0.2) is 17.7 Å². The topological polar surface area (TPSA) is 94.2 Å². The van der Waals surface area contributed by atoms with Crippen LogP contribution in [-0.2, 0) is 19.1 Å². The summed E-state index contributed by atoms with van der Waals surface area (Å²) < 4.78 is 15.4. The van der Waals surface area contributed by atoms with Crippen LogP contribution in [0.3, 0.4) is 0 Å². The fraction of sp³-hybridized carbons (Fsp3) is 0.294. The van der Waals surface area contributed by atoms with Crippen molar-refractivity contribution in [3.63, 3.8) is 0 Å². The number of ether oxygens (including phenoxy) is 3. The molecule has 0 saturated carbocycles. The average molecular weight is 413 g/mol. The Morgan fingerprint density at radius 3 is 2.70 bits per heavy atom. The summed E-state index contributed by atoms with van der Waals surface area (Å²) in [4.78, 5) is 36.9. The van der Waals surface area contributed by atoms with Gasteiger partial charge in [0.15, 0.2) is 23.2 Å². The predicted octanol–water partition coefficient (Wildman–Crippen LogP) is 1.55. The number of nitrogens with zero attached hydrogens (tertiary/aromatic N) is 1. The molecular formula is C17H17ClN2O6S. The van der Waals surface area contributed by atoms with Crippen molar-refractivity contribution in [1.29, 1.82) is 0 Å². The minimum absolute atomic E-state index is 0.0282. The Morgan fingerprint density at radius 2 is 2.07 bits per heavy atom. The van der Waals surface area contributed by atoms with Crippen LogP contribution in [0.1, 0.15) is 12.5 Å². The second-order valence-corrected chi connectivity index (χ2v) is 6.10. The lowest BCUT2D eigenvalue weighted by Crippen LogP contribution is -2.52. The number of carbonyl (C=O) groups excluding carboxylic acids is 3. The first-order valence-electron chi connectivity index (χ1n) is 7.79. The Balaban J connectivity index is 2.33. The molecule has 0 aliphatic carbocycles. The molecule has 0 spiro atoms. The molecule has 0 unspecified atom stereocenters. The Kier molecular flexibility index (Phi) is 6.75. The summed E-state index contributed by atoms with van der Waals surface area (Å²) in [5.74, 6) is -1.33. The summed E-state index contributed by atoms with van der Waals surface area (Å²) >= 11 is 11.1. The minimum atomic E-state index is -0.610. The van der Waals surface area contributed by atoms with Crippen LogP contribution < -0.4 is 14.8 Å². The molecule has 1 fully saturated rings. The van der Waals surface area contributed by atoms with Gasteiger partial charge in [-0.15, -0.1) is 0 Å². The van der Waals surface area contributed by atoms with E-state index in [4.69, 9.17) is 38.0 Å². The maximum absolute atomic E-state index is 12.3. The van der Waals surface area contributed by atoms with Crippen LogP contribution in [-0.4, -0.2) is 55.2 Å². The molecule has 144 valence electrons.